The van der Waals surface area contributed by atoms with Crippen LogP contribution in [0.3, 0.4) is 0 Å². The number of nitrogens with one attached hydrogen (secondary N) is 1. The molecule has 0 saturated carbocycles. The Hall–Kier alpha value is -2.87. The zero-order valence-electron chi connectivity index (χ0n) is 17.3. The summed E-state index contributed by atoms with van der Waals surface area (Å²) in [4.78, 5) is 40.8. The molecular formula is C21H24N2O5S. The summed E-state index contributed by atoms with van der Waals surface area (Å²) < 4.78 is 11.0. The molecule has 1 aliphatic heterocycles. The number of likely N-dealkylation sites (N-methyl/N-ethyl adjacent to an activating group) is 1. The van der Waals surface area contributed by atoms with Crippen LogP contribution in [-0.4, -0.2) is 37.0 Å². The van der Waals surface area contributed by atoms with Crippen LogP contribution >= 0.6 is 11.3 Å². The molecule has 2 aromatic rings. The number of ether oxygens (including phenoxy) is 2. The molecule has 0 aliphatic carbocycles. The smallest absolute Gasteiger partial charge is 0.341 e. The van der Waals surface area contributed by atoms with Crippen LogP contribution in [-0.2, 0) is 14.3 Å². The van der Waals surface area contributed by atoms with Gasteiger partial charge in [0.25, 0.3) is 17.4 Å². The molecule has 0 saturated heterocycles. The third kappa shape index (κ3) is 3.48. The summed E-state index contributed by atoms with van der Waals surface area (Å²) in [5, 5.41) is 3.07. The maximum atomic E-state index is 13.1. The summed E-state index contributed by atoms with van der Waals surface area (Å²) in [7, 11) is 1.61. The molecule has 2 heterocycles. The molecule has 1 aliphatic rings. The highest BCUT2D eigenvalue weighted by Gasteiger charge is 2.50. The Balaban J connectivity index is 1.95. The molecule has 1 unspecified atom stereocenters. The number of amides is 2. The van der Waals surface area contributed by atoms with E-state index in [9.17, 15) is 14.4 Å². The van der Waals surface area contributed by atoms with E-state index in [0.29, 0.717) is 22.0 Å². The summed E-state index contributed by atoms with van der Waals surface area (Å²) >= 11 is 1.26. The van der Waals surface area contributed by atoms with E-state index in [1.165, 1.54) is 23.2 Å². The van der Waals surface area contributed by atoms with Gasteiger partial charge in [0.15, 0.2) is 0 Å². The molecule has 0 bridgehead atoms. The summed E-state index contributed by atoms with van der Waals surface area (Å²) in [6.07, 6.45) is 0. The average Bonchev–Trinajstić information content (AvgIpc) is 2.94. The van der Waals surface area contributed by atoms with E-state index in [1.54, 1.807) is 27.0 Å². The third-order valence-corrected chi connectivity index (χ3v) is 6.15. The third-order valence-electron chi connectivity index (χ3n) is 5.03. The molecule has 7 nitrogen and oxygen atoms in total. The van der Waals surface area contributed by atoms with Gasteiger partial charge >= 0.3 is 5.97 Å². The lowest BCUT2D eigenvalue weighted by Crippen LogP contribution is -2.59. The first-order valence-corrected chi connectivity index (χ1v) is 10.1. The zero-order valence-corrected chi connectivity index (χ0v) is 18.2. The molecule has 1 atom stereocenters. The largest absolute Gasteiger partial charge is 0.465 e. The molecule has 0 fully saturated rings. The molecule has 0 spiro atoms. The Labute approximate surface area is 173 Å². The highest BCUT2D eigenvalue weighted by molar-refractivity contribution is 7.16. The molecule has 2 amide bonds. The van der Waals surface area contributed by atoms with Gasteiger partial charge in [-0.05, 0) is 57.9 Å². The second kappa shape index (κ2) is 7.51. The molecule has 0 radical (unpaired) electrons. The molecule has 1 aromatic heterocycles. The van der Waals surface area contributed by atoms with Crippen molar-refractivity contribution in [1.82, 2.24) is 0 Å². The van der Waals surface area contributed by atoms with Crippen molar-refractivity contribution in [3.05, 3.63) is 39.8 Å². The lowest BCUT2D eigenvalue weighted by Gasteiger charge is -2.38. The molecule has 1 aromatic carbocycles. The SMILES string of the molecule is CCOC(=O)c1c(NC(=O)C2(C)Oc3ccc(C)cc3N(C)C2=O)sc(C)c1C. The minimum absolute atomic E-state index is 0.223. The second-order valence-electron chi connectivity index (χ2n) is 7.13. The average molecular weight is 416 g/mol. The van der Waals surface area contributed by atoms with Crippen LogP contribution in [0.5, 0.6) is 5.75 Å². The van der Waals surface area contributed by atoms with E-state index in [1.807, 2.05) is 26.0 Å². The Kier molecular flexibility index (Phi) is 5.40. The van der Waals surface area contributed by atoms with Crippen LogP contribution in [0.25, 0.3) is 0 Å². The van der Waals surface area contributed by atoms with Crippen LogP contribution in [0.2, 0.25) is 0 Å². The number of esters is 1. The van der Waals surface area contributed by atoms with Crippen molar-refractivity contribution in [2.24, 2.45) is 0 Å². The van der Waals surface area contributed by atoms with Gasteiger partial charge in [-0.3, -0.25) is 9.59 Å². The fourth-order valence-electron chi connectivity index (χ4n) is 3.20. The van der Waals surface area contributed by atoms with Crippen LogP contribution in [0.1, 0.15) is 40.2 Å². The van der Waals surface area contributed by atoms with Gasteiger partial charge in [-0.25, -0.2) is 4.79 Å². The van der Waals surface area contributed by atoms with Crippen molar-refractivity contribution in [2.75, 3.05) is 23.9 Å². The normalized spacial score (nSPS) is 18.1. The second-order valence-corrected chi connectivity index (χ2v) is 8.36. The van der Waals surface area contributed by atoms with E-state index in [2.05, 4.69) is 5.32 Å². The molecule has 8 heteroatoms. The summed E-state index contributed by atoms with van der Waals surface area (Å²) in [5.74, 6) is -1.20. The Morgan fingerprint density at radius 3 is 2.62 bits per heavy atom. The first-order valence-electron chi connectivity index (χ1n) is 9.26. The standard InChI is InChI=1S/C21H24N2O5S/c1-7-27-18(24)16-12(3)13(4)29-17(16)22-19(25)21(5)20(26)23(6)14-10-11(2)8-9-15(14)28-21/h8-10H,7H2,1-6H3,(H,22,25). The summed E-state index contributed by atoms with van der Waals surface area (Å²) in [6, 6.07) is 5.42. The molecular weight excluding hydrogens is 392 g/mol. The lowest BCUT2D eigenvalue weighted by atomic mass is 9.99. The number of hydrogen-bond acceptors (Lipinski definition) is 6. The summed E-state index contributed by atoms with van der Waals surface area (Å²) in [6.45, 7) is 8.94. The number of benzene rings is 1. The number of fused-ring (bicyclic) bond motifs is 1. The van der Waals surface area contributed by atoms with Gasteiger partial charge in [0.2, 0.25) is 0 Å². The fraction of sp³-hybridized carbons (Fsp3) is 0.381. The number of thiophene rings is 1. The first kappa shape index (κ1) is 20.9. The van der Waals surface area contributed by atoms with Crippen LogP contribution in [0.4, 0.5) is 10.7 Å². The number of rotatable bonds is 4. The predicted octanol–water partition coefficient (Wildman–Crippen LogP) is 3.60. The predicted molar refractivity (Wildman–Crippen MR) is 112 cm³/mol. The number of anilines is 2. The van der Waals surface area contributed by atoms with E-state index in [0.717, 1.165) is 16.0 Å². The van der Waals surface area contributed by atoms with Crippen LogP contribution in [0, 0.1) is 20.8 Å². The minimum atomic E-state index is -1.77. The highest BCUT2D eigenvalue weighted by atomic mass is 32.1. The van der Waals surface area contributed by atoms with E-state index >= 15 is 0 Å². The van der Waals surface area contributed by atoms with Crippen molar-refractivity contribution < 1.29 is 23.9 Å². The van der Waals surface area contributed by atoms with Gasteiger partial charge in [-0.15, -0.1) is 11.3 Å². The van der Waals surface area contributed by atoms with Crippen molar-refractivity contribution in [1.29, 1.82) is 0 Å². The van der Waals surface area contributed by atoms with Gasteiger partial charge in [-0.1, -0.05) is 6.07 Å². The summed E-state index contributed by atoms with van der Waals surface area (Å²) in [5.41, 5.74) is 0.856. The number of aryl methyl sites for hydroxylation is 2. The van der Waals surface area contributed by atoms with Crippen LogP contribution < -0.4 is 15.0 Å². The topological polar surface area (TPSA) is 84.9 Å². The Morgan fingerprint density at radius 1 is 1.28 bits per heavy atom. The number of carbonyl (C=O) groups is 3. The van der Waals surface area contributed by atoms with Crippen molar-refractivity contribution in [2.45, 2.75) is 40.2 Å². The Morgan fingerprint density at radius 2 is 1.97 bits per heavy atom. The fourth-order valence-corrected chi connectivity index (χ4v) is 4.24. The molecule has 3 rings (SSSR count). The minimum Gasteiger partial charge on any atom is -0.465 e. The zero-order chi connectivity index (χ0) is 21.5. The number of hydrogen-bond donors (Lipinski definition) is 1. The Bertz CT molecular complexity index is 1010. The van der Waals surface area contributed by atoms with Gasteiger partial charge in [-0.2, -0.15) is 0 Å². The maximum absolute atomic E-state index is 13.1. The molecule has 29 heavy (non-hydrogen) atoms. The quantitative estimate of drug-likeness (QED) is 0.608. The lowest BCUT2D eigenvalue weighted by molar-refractivity contribution is -0.144. The molecule has 154 valence electrons. The van der Waals surface area contributed by atoms with Crippen molar-refractivity contribution in [3.63, 3.8) is 0 Å². The van der Waals surface area contributed by atoms with E-state index in [-0.39, 0.29) is 6.61 Å². The van der Waals surface area contributed by atoms with Crippen molar-refractivity contribution in [3.8, 4) is 5.75 Å². The van der Waals surface area contributed by atoms with Gasteiger partial charge < -0.3 is 19.7 Å². The first-order chi connectivity index (χ1) is 13.6. The van der Waals surface area contributed by atoms with Gasteiger partial charge in [0, 0.05) is 11.9 Å². The number of nitrogens with zero attached hydrogens (tertiary/aromatic N) is 1. The van der Waals surface area contributed by atoms with Crippen LogP contribution in [0.15, 0.2) is 18.2 Å². The van der Waals surface area contributed by atoms with Gasteiger partial charge in [0.05, 0.1) is 17.9 Å². The van der Waals surface area contributed by atoms with Gasteiger partial charge in [0.1, 0.15) is 10.8 Å². The molecule has 1 N–H and O–H groups in total. The van der Waals surface area contributed by atoms with Crippen molar-refractivity contribution >= 4 is 39.8 Å². The maximum Gasteiger partial charge on any atom is 0.341 e. The highest BCUT2D eigenvalue weighted by Crippen LogP contribution is 2.39. The monoisotopic (exact) mass is 416 g/mol. The van der Waals surface area contributed by atoms with E-state index in [4.69, 9.17) is 9.47 Å². The number of carbonyl (C=O) groups excluding carboxylic acids is 3. The van der Waals surface area contributed by atoms with E-state index < -0.39 is 23.4 Å².